The lowest BCUT2D eigenvalue weighted by atomic mass is 10.3. The summed E-state index contributed by atoms with van der Waals surface area (Å²) in [5.74, 6) is 0.812. The van der Waals surface area contributed by atoms with Crippen LogP contribution in [0.1, 0.15) is 5.69 Å². The van der Waals surface area contributed by atoms with Gasteiger partial charge in [0.05, 0.1) is 12.0 Å². The number of hydrogen-bond acceptors (Lipinski definition) is 3. The zero-order chi connectivity index (χ0) is 12.3. The zero-order valence-corrected chi connectivity index (χ0v) is 10.5. The first-order valence-corrected chi connectivity index (χ1v) is 6.02. The Labute approximate surface area is 104 Å². The van der Waals surface area contributed by atoms with Crippen molar-refractivity contribution in [2.24, 2.45) is 0 Å². The van der Waals surface area contributed by atoms with Gasteiger partial charge in [-0.2, -0.15) is 0 Å². The summed E-state index contributed by atoms with van der Waals surface area (Å²) >= 11 is 1.44. The molecule has 1 aromatic heterocycles. The van der Waals surface area contributed by atoms with Crippen molar-refractivity contribution in [3.8, 4) is 5.75 Å². The van der Waals surface area contributed by atoms with Crippen molar-refractivity contribution in [1.29, 1.82) is 0 Å². The number of H-pyrrole nitrogens is 1. The molecule has 0 aliphatic heterocycles. The van der Waals surface area contributed by atoms with Crippen molar-refractivity contribution in [3.05, 3.63) is 52.4 Å². The molecule has 1 heterocycles. The topological polar surface area (TPSA) is 42.1 Å². The number of ether oxygens (including phenoxy) is 1. The van der Waals surface area contributed by atoms with Gasteiger partial charge in [-0.05, 0) is 43.3 Å². The number of nitrogens with one attached hydrogen (secondary N) is 1. The van der Waals surface area contributed by atoms with Crippen LogP contribution in [0.3, 0.4) is 0 Å². The van der Waals surface area contributed by atoms with Gasteiger partial charge in [0.25, 0.3) is 5.56 Å². The van der Waals surface area contributed by atoms with Crippen molar-refractivity contribution < 1.29 is 4.74 Å². The molecule has 2 aromatic rings. The van der Waals surface area contributed by atoms with E-state index in [1.54, 1.807) is 7.11 Å². The van der Waals surface area contributed by atoms with Crippen LogP contribution in [0, 0.1) is 6.92 Å². The van der Waals surface area contributed by atoms with Crippen LogP contribution in [0.5, 0.6) is 5.75 Å². The third-order valence-corrected chi connectivity index (χ3v) is 3.36. The van der Waals surface area contributed by atoms with E-state index in [2.05, 4.69) is 4.98 Å². The summed E-state index contributed by atoms with van der Waals surface area (Å²) in [4.78, 5) is 16.2. The molecular formula is C13H13NO2S. The first kappa shape index (κ1) is 11.8. The summed E-state index contributed by atoms with van der Waals surface area (Å²) in [5, 5.41) is 0. The van der Waals surface area contributed by atoms with E-state index in [9.17, 15) is 4.79 Å². The van der Waals surface area contributed by atoms with Crippen LogP contribution >= 0.6 is 11.8 Å². The number of benzene rings is 1. The van der Waals surface area contributed by atoms with E-state index in [1.807, 2.05) is 43.3 Å². The molecule has 0 amide bonds. The summed E-state index contributed by atoms with van der Waals surface area (Å²) in [6.07, 6.45) is 0. The largest absolute Gasteiger partial charge is 0.497 e. The van der Waals surface area contributed by atoms with Crippen LogP contribution in [0.4, 0.5) is 0 Å². The van der Waals surface area contributed by atoms with Gasteiger partial charge in [0, 0.05) is 10.6 Å². The van der Waals surface area contributed by atoms with Gasteiger partial charge in [0.2, 0.25) is 0 Å². The molecule has 0 atom stereocenters. The molecule has 0 unspecified atom stereocenters. The van der Waals surface area contributed by atoms with Gasteiger partial charge < -0.3 is 9.72 Å². The SMILES string of the molecule is COc1ccc(Sc2ccc(C)[nH]c2=O)cc1. The van der Waals surface area contributed by atoms with E-state index >= 15 is 0 Å². The molecule has 1 aromatic carbocycles. The maximum Gasteiger partial charge on any atom is 0.262 e. The maximum absolute atomic E-state index is 11.7. The summed E-state index contributed by atoms with van der Waals surface area (Å²) in [6, 6.07) is 11.4. The first-order valence-electron chi connectivity index (χ1n) is 5.21. The Hall–Kier alpha value is -1.68. The van der Waals surface area contributed by atoms with Crippen LogP contribution in [-0.2, 0) is 0 Å². The van der Waals surface area contributed by atoms with Crippen LogP contribution < -0.4 is 10.3 Å². The predicted octanol–water partition coefficient (Wildman–Crippen LogP) is 2.84. The predicted molar refractivity (Wildman–Crippen MR) is 68.9 cm³/mol. The van der Waals surface area contributed by atoms with E-state index in [1.165, 1.54) is 11.8 Å². The lowest BCUT2D eigenvalue weighted by molar-refractivity contribution is 0.414. The molecule has 0 bridgehead atoms. The lowest BCUT2D eigenvalue weighted by Crippen LogP contribution is -2.08. The second kappa shape index (κ2) is 5.10. The molecule has 0 aliphatic carbocycles. The Kier molecular flexibility index (Phi) is 3.54. The average Bonchev–Trinajstić information content (AvgIpc) is 2.34. The van der Waals surface area contributed by atoms with Crippen LogP contribution in [-0.4, -0.2) is 12.1 Å². The van der Waals surface area contributed by atoms with Crippen molar-refractivity contribution in [3.63, 3.8) is 0 Å². The summed E-state index contributed by atoms with van der Waals surface area (Å²) in [5.41, 5.74) is 0.819. The monoisotopic (exact) mass is 247 g/mol. The fraction of sp³-hybridized carbons (Fsp3) is 0.154. The van der Waals surface area contributed by atoms with Gasteiger partial charge >= 0.3 is 0 Å². The van der Waals surface area contributed by atoms with Crippen LogP contribution in [0.15, 0.2) is 51.0 Å². The fourth-order valence-electron chi connectivity index (χ4n) is 1.41. The number of rotatable bonds is 3. The molecule has 1 N–H and O–H groups in total. The van der Waals surface area contributed by atoms with Crippen molar-refractivity contribution in [2.45, 2.75) is 16.7 Å². The summed E-state index contributed by atoms with van der Waals surface area (Å²) in [7, 11) is 1.63. The number of pyridine rings is 1. The molecule has 0 saturated heterocycles. The van der Waals surface area contributed by atoms with E-state index in [0.29, 0.717) is 4.90 Å². The highest BCUT2D eigenvalue weighted by Crippen LogP contribution is 2.26. The van der Waals surface area contributed by atoms with Crippen molar-refractivity contribution in [1.82, 2.24) is 4.98 Å². The number of aromatic nitrogens is 1. The first-order chi connectivity index (χ1) is 8.19. The molecule has 0 saturated carbocycles. The zero-order valence-electron chi connectivity index (χ0n) is 9.69. The van der Waals surface area contributed by atoms with E-state index in [0.717, 1.165) is 16.3 Å². The van der Waals surface area contributed by atoms with Gasteiger partial charge in [0.15, 0.2) is 0 Å². The van der Waals surface area contributed by atoms with E-state index < -0.39 is 0 Å². The molecule has 2 rings (SSSR count). The van der Waals surface area contributed by atoms with Crippen LogP contribution in [0.2, 0.25) is 0 Å². The number of methoxy groups -OCH3 is 1. The molecular weight excluding hydrogens is 234 g/mol. The normalized spacial score (nSPS) is 10.2. The van der Waals surface area contributed by atoms with E-state index in [-0.39, 0.29) is 5.56 Å². The quantitative estimate of drug-likeness (QED) is 0.906. The number of aromatic amines is 1. The number of hydrogen-bond donors (Lipinski definition) is 1. The maximum atomic E-state index is 11.7. The minimum atomic E-state index is -0.0502. The standard InChI is InChI=1S/C13H13NO2S/c1-9-3-8-12(13(15)14-9)17-11-6-4-10(16-2)5-7-11/h3-8H,1-2H3,(H,14,15). The summed E-state index contributed by atoms with van der Waals surface area (Å²) < 4.78 is 5.08. The Morgan fingerprint density at radius 2 is 1.82 bits per heavy atom. The van der Waals surface area contributed by atoms with Gasteiger partial charge in [-0.15, -0.1) is 0 Å². The highest BCUT2D eigenvalue weighted by atomic mass is 32.2. The molecule has 3 nitrogen and oxygen atoms in total. The van der Waals surface area contributed by atoms with E-state index in [4.69, 9.17) is 4.74 Å². The van der Waals surface area contributed by atoms with Gasteiger partial charge in [0.1, 0.15) is 5.75 Å². The summed E-state index contributed by atoms with van der Waals surface area (Å²) in [6.45, 7) is 1.86. The van der Waals surface area contributed by atoms with Crippen molar-refractivity contribution in [2.75, 3.05) is 7.11 Å². The Morgan fingerprint density at radius 3 is 2.41 bits per heavy atom. The molecule has 0 aliphatic rings. The third-order valence-electron chi connectivity index (χ3n) is 2.31. The molecule has 0 spiro atoms. The molecule has 17 heavy (non-hydrogen) atoms. The highest BCUT2D eigenvalue weighted by Gasteiger charge is 2.02. The minimum Gasteiger partial charge on any atom is -0.497 e. The lowest BCUT2D eigenvalue weighted by Gasteiger charge is -2.03. The van der Waals surface area contributed by atoms with Crippen molar-refractivity contribution >= 4 is 11.8 Å². The average molecular weight is 247 g/mol. The van der Waals surface area contributed by atoms with Gasteiger partial charge in [-0.1, -0.05) is 11.8 Å². The second-order valence-electron chi connectivity index (χ2n) is 3.61. The molecule has 0 fully saturated rings. The third kappa shape index (κ3) is 2.91. The Bertz CT molecular complexity index is 560. The minimum absolute atomic E-state index is 0.0502. The van der Waals surface area contributed by atoms with Crippen LogP contribution in [0.25, 0.3) is 0 Å². The smallest absolute Gasteiger partial charge is 0.262 e. The second-order valence-corrected chi connectivity index (χ2v) is 4.73. The van der Waals surface area contributed by atoms with Gasteiger partial charge in [-0.25, -0.2) is 0 Å². The molecule has 88 valence electrons. The fourth-order valence-corrected chi connectivity index (χ4v) is 2.22. The number of aryl methyl sites for hydroxylation is 1. The molecule has 0 radical (unpaired) electrons. The molecule has 4 heteroatoms. The Morgan fingerprint density at radius 1 is 1.12 bits per heavy atom. The van der Waals surface area contributed by atoms with Gasteiger partial charge in [-0.3, -0.25) is 4.79 Å². The highest BCUT2D eigenvalue weighted by molar-refractivity contribution is 7.99. The Balaban J connectivity index is 2.22.